The number of rotatable bonds is 0. The average Bonchev–Trinajstić information content (AvgIpc) is 3.37. The smallest absolute Gasteiger partial charge is 0.430 e. The van der Waals surface area contributed by atoms with Gasteiger partial charge >= 0.3 is 12.4 Å². The van der Waals surface area contributed by atoms with Gasteiger partial charge in [0.15, 0.2) is 25.5 Å². The lowest BCUT2D eigenvalue weighted by atomic mass is 10.0. The normalized spacial score (nSPS) is 12.5. The fraction of sp³-hybridized carbons (Fsp3) is 0.125. The van der Waals surface area contributed by atoms with Gasteiger partial charge in [-0.2, -0.15) is 35.5 Å². The highest BCUT2D eigenvalue weighted by Gasteiger charge is 2.29. The van der Waals surface area contributed by atoms with Crippen molar-refractivity contribution >= 4 is 45.1 Å². The number of carboxylic acids is 2. The van der Waals surface area contributed by atoms with E-state index in [2.05, 4.69) is 208 Å². The van der Waals surface area contributed by atoms with E-state index < -0.39 is 24.3 Å². The Morgan fingerprint density at radius 3 is 1.14 bits per heavy atom. The van der Waals surface area contributed by atoms with Gasteiger partial charge in [-0.3, -0.25) is 0 Å². The second kappa shape index (κ2) is 21.4. The van der Waals surface area contributed by atoms with Gasteiger partial charge < -0.3 is 30.4 Å². The maximum Gasteiger partial charge on any atom is 0.430 e. The summed E-state index contributed by atoms with van der Waals surface area (Å²) in [4.78, 5) is 22.7. The van der Waals surface area contributed by atoms with E-state index in [0.29, 0.717) is 0 Å². The molecule has 0 fully saturated rings. The number of anilines is 2. The summed E-state index contributed by atoms with van der Waals surface area (Å²) in [5.74, 6) is -6.01. The Morgan fingerprint density at radius 1 is 0.437 bits per heavy atom. The first-order valence-corrected chi connectivity index (χ1v) is 22.3. The maximum atomic E-state index is 10.5. The minimum atomic E-state index is -5.19. The lowest BCUT2D eigenvalue weighted by Crippen LogP contribution is -2.37. The number of aliphatic carboxylic acids is 2. The van der Waals surface area contributed by atoms with Crippen LogP contribution in [0.3, 0.4) is 0 Å². The fourth-order valence-corrected chi connectivity index (χ4v) is 8.05. The molecule has 0 radical (unpaired) electrons. The summed E-state index contributed by atoms with van der Waals surface area (Å²) >= 11 is 0. The Morgan fingerprint density at radius 2 is 0.775 bits per heavy atom. The summed E-state index contributed by atoms with van der Waals surface area (Å²) in [5, 5.41) is 27.4. The van der Waals surface area contributed by atoms with Gasteiger partial charge in [-0.1, -0.05) is 127 Å². The zero-order valence-electron chi connectivity index (χ0n) is 37.7. The minimum absolute atomic E-state index is 0.759. The van der Waals surface area contributed by atoms with Crippen molar-refractivity contribution in [2.24, 2.45) is 0 Å². The van der Waals surface area contributed by atoms with E-state index in [1.54, 1.807) is 0 Å². The van der Waals surface area contributed by atoms with E-state index in [0.717, 1.165) is 66.5 Å². The highest BCUT2D eigenvalue weighted by atomic mass is 19.4. The second-order valence-electron chi connectivity index (χ2n) is 16.6. The minimum Gasteiger partial charge on any atom is -0.542 e. The molecule has 10 heterocycles. The van der Waals surface area contributed by atoms with Crippen LogP contribution < -0.4 is 30.0 Å². The molecular formula is C56H43F6N5O4. The first-order chi connectivity index (χ1) is 34.1. The summed E-state index contributed by atoms with van der Waals surface area (Å²) in [6, 6.07) is 63.7. The number of fused-ring (bicyclic) bond motifs is 2. The second-order valence-corrected chi connectivity index (χ2v) is 16.6. The molecule has 0 saturated heterocycles. The van der Waals surface area contributed by atoms with Gasteiger partial charge in [0.25, 0.3) is 0 Å². The van der Waals surface area contributed by atoms with Gasteiger partial charge in [-0.25, -0.2) is 4.98 Å². The number of para-hydroxylation sites is 2. The first-order valence-electron chi connectivity index (χ1n) is 22.3. The molecule has 7 aliphatic rings. The summed E-state index contributed by atoms with van der Waals surface area (Å²) in [7, 11) is 0. The van der Waals surface area contributed by atoms with Crippen LogP contribution in [0.15, 0.2) is 188 Å². The summed E-state index contributed by atoms with van der Waals surface area (Å²) in [6.07, 6.45) is -5.09. The van der Waals surface area contributed by atoms with Gasteiger partial charge in [0.2, 0.25) is 11.0 Å². The molecule has 2 N–H and O–H groups in total. The number of carbonyl (C=O) groups is 2. The number of nitrogens with zero attached hydrogens (tertiary/aromatic N) is 3. The van der Waals surface area contributed by atoms with Crippen LogP contribution in [-0.2, 0) is 42.2 Å². The van der Waals surface area contributed by atoms with Crippen molar-refractivity contribution in [1.29, 1.82) is 0 Å². The van der Waals surface area contributed by atoms with Crippen LogP contribution in [0.4, 0.5) is 37.7 Å². The van der Waals surface area contributed by atoms with E-state index in [-0.39, 0.29) is 0 Å². The Balaban J connectivity index is 0.000000425. The van der Waals surface area contributed by atoms with Crippen LogP contribution >= 0.6 is 0 Å². The van der Waals surface area contributed by atoms with E-state index in [1.165, 1.54) is 55.2 Å². The van der Waals surface area contributed by atoms with Crippen LogP contribution in [0.2, 0.25) is 0 Å². The number of pyridine rings is 3. The number of halogens is 6. The monoisotopic (exact) mass is 963 g/mol. The molecule has 3 aromatic heterocycles. The van der Waals surface area contributed by atoms with Gasteiger partial charge in [0.05, 0.1) is 33.5 Å². The van der Waals surface area contributed by atoms with Crippen molar-refractivity contribution in [2.45, 2.75) is 45.0 Å². The van der Waals surface area contributed by atoms with Gasteiger partial charge in [0.1, 0.15) is 11.9 Å². The fourth-order valence-electron chi connectivity index (χ4n) is 8.05. The van der Waals surface area contributed by atoms with Crippen LogP contribution in [0, 0.1) is 0 Å². The molecule has 9 nitrogen and oxygen atoms in total. The summed E-state index contributed by atoms with van der Waals surface area (Å²) in [6.45, 7) is 3.07. The third-order valence-corrected chi connectivity index (χ3v) is 11.7. The molecule has 0 aliphatic carbocycles. The topological polar surface area (TPSA) is 125 Å². The quantitative estimate of drug-likeness (QED) is 0.115. The van der Waals surface area contributed by atoms with E-state index in [1.807, 2.05) is 0 Å². The zero-order valence-corrected chi connectivity index (χ0v) is 37.7. The van der Waals surface area contributed by atoms with Gasteiger partial charge in [-0.05, 0) is 52.9 Å². The average molecular weight is 964 g/mol. The molecule has 0 unspecified atom stereocenters. The Bertz CT molecular complexity index is 3090. The molecule has 6 aromatic carbocycles. The third-order valence-electron chi connectivity index (χ3n) is 11.7. The number of carbonyl (C=O) groups excluding carboxylic acids is 2. The molecule has 14 bridgehead atoms. The number of carboxylic acid groups (broad SMARTS) is 2. The predicted octanol–water partition coefficient (Wildman–Crippen LogP) is 9.12. The summed E-state index contributed by atoms with van der Waals surface area (Å²) < 4.78 is 67.8. The molecule has 0 saturated carbocycles. The summed E-state index contributed by atoms with van der Waals surface area (Å²) in [5.41, 5.74) is 16.4. The Hall–Kier alpha value is -8.59. The highest BCUT2D eigenvalue weighted by molar-refractivity contribution is 5.89. The molecule has 71 heavy (non-hydrogen) atoms. The molecule has 15 heteroatoms. The van der Waals surface area contributed by atoms with Crippen molar-refractivity contribution < 1.29 is 55.3 Å². The van der Waals surface area contributed by atoms with Crippen molar-refractivity contribution in [3.05, 3.63) is 222 Å². The highest BCUT2D eigenvalue weighted by Crippen LogP contribution is 2.27. The number of benzene rings is 6. The van der Waals surface area contributed by atoms with Gasteiger partial charge in [0, 0.05) is 59.6 Å². The predicted molar refractivity (Wildman–Crippen MR) is 254 cm³/mol. The third kappa shape index (κ3) is 12.6. The number of hydrogen-bond donors (Lipinski definition) is 2. The molecule has 7 aliphatic heterocycles. The standard InChI is InChI=1S/C52H41N5.2C2HF3O2/c1-3-10-51-45(6-1)49-28-30-56(51)35-41-20-24-43(25-21-41)47-8-5-9-48(55-47)44-26-22-42(23-27-44)36-57-31-29-50(46-7-2-4-11-52(46)57)54-34-40-18-14-38(15-19-40)32-37-12-16-39(17-13-37)33-53-49;2*3-2(4,5)1(6)7/h1-31H,32-36H2;2*(H,6,7). The van der Waals surface area contributed by atoms with Crippen molar-refractivity contribution in [2.75, 3.05) is 10.6 Å². The zero-order chi connectivity index (χ0) is 50.1. The lowest BCUT2D eigenvalue weighted by molar-refractivity contribution is -0.662. The van der Waals surface area contributed by atoms with Crippen LogP contribution in [0.25, 0.3) is 44.3 Å². The number of hydrogen-bond acceptors (Lipinski definition) is 7. The molecular weight excluding hydrogens is 921 g/mol. The largest absolute Gasteiger partial charge is 0.542 e. The molecule has 358 valence electrons. The lowest BCUT2D eigenvalue weighted by Gasteiger charge is -2.12. The SMILES string of the molecule is O=C([O-])C(F)(F)F.O=C([O-])C(F)(F)F.c1cc2nc(c1)-c1ccc(cc1)C[n+]1ccc(c3ccccc31)NCc1ccc(cc1)Cc1ccc(cc1)CNc1cc[n+](c3ccccc13)Cc1ccc-2cc1. The maximum absolute atomic E-state index is 10.5. The van der Waals surface area contributed by atoms with Gasteiger partial charge in [-0.15, -0.1) is 0 Å². The first kappa shape index (κ1) is 48.9. The molecule has 16 rings (SSSR count). The van der Waals surface area contributed by atoms with Crippen LogP contribution in [0.1, 0.15) is 33.4 Å². The van der Waals surface area contributed by atoms with Crippen LogP contribution in [0.5, 0.6) is 0 Å². The van der Waals surface area contributed by atoms with Crippen molar-refractivity contribution in [1.82, 2.24) is 4.98 Å². The Labute approximate surface area is 404 Å². The van der Waals surface area contributed by atoms with Crippen molar-refractivity contribution in [3.8, 4) is 22.5 Å². The molecule has 9 aromatic rings. The molecule has 0 atom stereocenters. The van der Waals surface area contributed by atoms with Crippen LogP contribution in [-0.4, -0.2) is 29.3 Å². The number of aromatic nitrogens is 3. The van der Waals surface area contributed by atoms with E-state index in [4.69, 9.17) is 24.8 Å². The van der Waals surface area contributed by atoms with E-state index >= 15 is 0 Å². The van der Waals surface area contributed by atoms with Crippen molar-refractivity contribution in [3.63, 3.8) is 0 Å². The number of alkyl halides is 6. The molecule has 0 spiro atoms. The Kier molecular flexibility index (Phi) is 14.7. The number of nitrogens with one attached hydrogen (secondary N) is 2. The van der Waals surface area contributed by atoms with E-state index in [9.17, 15) is 26.3 Å². The molecule has 0 amide bonds.